The molecule has 0 spiro atoms. The summed E-state index contributed by atoms with van der Waals surface area (Å²) in [6, 6.07) is 7.78. The van der Waals surface area contributed by atoms with Crippen LogP contribution in [0.1, 0.15) is 18.2 Å². The zero-order valence-corrected chi connectivity index (χ0v) is 16.1. The minimum atomic E-state index is 0. The Morgan fingerprint density at radius 3 is 2.74 bits per heavy atom. The van der Waals surface area contributed by atoms with Gasteiger partial charge in [0, 0.05) is 32.4 Å². The molecule has 23 heavy (non-hydrogen) atoms. The second-order valence-electron chi connectivity index (χ2n) is 5.01. The fraction of sp³-hybridized carbons (Fsp3) is 0.375. The predicted molar refractivity (Wildman–Crippen MR) is 104 cm³/mol. The summed E-state index contributed by atoms with van der Waals surface area (Å²) in [6.07, 6.45) is 3.46. The van der Waals surface area contributed by atoms with Crippen molar-refractivity contribution in [3.63, 3.8) is 0 Å². The average Bonchev–Trinajstić information content (AvgIpc) is 3.03. The number of pyridine rings is 1. The SMILES string of the molecule is CCNC(=NCc1cccnc1N(C)C)NCc1ccco1.I. The van der Waals surface area contributed by atoms with Crippen LogP contribution in [0.15, 0.2) is 46.1 Å². The summed E-state index contributed by atoms with van der Waals surface area (Å²) in [5, 5.41) is 6.48. The predicted octanol–water partition coefficient (Wildman–Crippen LogP) is 2.61. The van der Waals surface area contributed by atoms with Gasteiger partial charge in [0.25, 0.3) is 0 Å². The van der Waals surface area contributed by atoms with E-state index in [0.29, 0.717) is 13.1 Å². The third-order valence-electron chi connectivity index (χ3n) is 3.05. The van der Waals surface area contributed by atoms with E-state index in [4.69, 9.17) is 4.42 Å². The molecule has 0 radical (unpaired) electrons. The third-order valence-corrected chi connectivity index (χ3v) is 3.05. The highest BCUT2D eigenvalue weighted by Crippen LogP contribution is 2.15. The van der Waals surface area contributed by atoms with Gasteiger partial charge in [-0.25, -0.2) is 9.98 Å². The molecule has 0 unspecified atom stereocenters. The summed E-state index contributed by atoms with van der Waals surface area (Å²) in [5.41, 5.74) is 1.09. The zero-order valence-electron chi connectivity index (χ0n) is 13.7. The number of nitrogens with one attached hydrogen (secondary N) is 2. The van der Waals surface area contributed by atoms with Crippen LogP contribution in [0.5, 0.6) is 0 Å². The zero-order chi connectivity index (χ0) is 15.8. The Labute approximate surface area is 154 Å². The summed E-state index contributed by atoms with van der Waals surface area (Å²) in [5.74, 6) is 2.57. The van der Waals surface area contributed by atoms with Crippen molar-refractivity contribution in [3.05, 3.63) is 48.0 Å². The van der Waals surface area contributed by atoms with E-state index in [1.807, 2.05) is 50.2 Å². The van der Waals surface area contributed by atoms with Crippen LogP contribution in [0.25, 0.3) is 0 Å². The Kier molecular flexibility index (Phi) is 8.46. The number of aromatic nitrogens is 1. The molecule has 0 fully saturated rings. The molecule has 2 N–H and O–H groups in total. The summed E-state index contributed by atoms with van der Waals surface area (Å²) in [6.45, 7) is 4.01. The molecular weight excluding hydrogens is 405 g/mol. The number of aliphatic imine (C=N–C) groups is 1. The maximum absolute atomic E-state index is 5.31. The van der Waals surface area contributed by atoms with E-state index in [2.05, 4.69) is 20.6 Å². The fourth-order valence-corrected chi connectivity index (χ4v) is 2.05. The number of hydrogen-bond donors (Lipinski definition) is 2. The molecule has 0 aromatic carbocycles. The molecule has 0 saturated heterocycles. The normalized spacial score (nSPS) is 10.8. The molecule has 0 aliphatic carbocycles. The molecular formula is C16H24IN5O. The first kappa shape index (κ1) is 19.3. The molecule has 0 aliphatic heterocycles. The molecule has 6 nitrogen and oxygen atoms in total. The Hall–Kier alpha value is -1.77. The number of rotatable bonds is 6. The summed E-state index contributed by atoms with van der Waals surface area (Å²) >= 11 is 0. The lowest BCUT2D eigenvalue weighted by molar-refractivity contribution is 0.501. The van der Waals surface area contributed by atoms with Gasteiger partial charge in [0.05, 0.1) is 19.4 Å². The van der Waals surface area contributed by atoms with Gasteiger partial charge in [0.1, 0.15) is 11.6 Å². The van der Waals surface area contributed by atoms with Crippen molar-refractivity contribution in [2.75, 3.05) is 25.5 Å². The first-order valence-corrected chi connectivity index (χ1v) is 7.36. The van der Waals surface area contributed by atoms with Gasteiger partial charge in [0.15, 0.2) is 5.96 Å². The van der Waals surface area contributed by atoms with Crippen molar-refractivity contribution >= 4 is 35.8 Å². The Bertz CT molecular complexity index is 598. The van der Waals surface area contributed by atoms with Crippen molar-refractivity contribution < 1.29 is 4.42 Å². The second-order valence-corrected chi connectivity index (χ2v) is 5.01. The van der Waals surface area contributed by atoms with Crippen molar-refractivity contribution in [1.82, 2.24) is 15.6 Å². The molecule has 0 aliphatic rings. The molecule has 126 valence electrons. The number of guanidine groups is 1. The number of hydrogen-bond acceptors (Lipinski definition) is 4. The van der Waals surface area contributed by atoms with Crippen molar-refractivity contribution in [2.24, 2.45) is 4.99 Å². The van der Waals surface area contributed by atoms with Crippen molar-refractivity contribution in [2.45, 2.75) is 20.0 Å². The van der Waals surface area contributed by atoms with E-state index in [0.717, 1.165) is 29.6 Å². The van der Waals surface area contributed by atoms with Gasteiger partial charge in [-0.05, 0) is 25.1 Å². The van der Waals surface area contributed by atoms with E-state index in [1.54, 1.807) is 12.5 Å². The Morgan fingerprint density at radius 2 is 2.09 bits per heavy atom. The minimum absolute atomic E-state index is 0. The van der Waals surface area contributed by atoms with Gasteiger partial charge < -0.3 is 20.0 Å². The number of furan rings is 1. The van der Waals surface area contributed by atoms with E-state index >= 15 is 0 Å². The average molecular weight is 429 g/mol. The molecule has 2 rings (SSSR count). The lowest BCUT2D eigenvalue weighted by Crippen LogP contribution is -2.36. The van der Waals surface area contributed by atoms with Crippen LogP contribution >= 0.6 is 24.0 Å². The second kappa shape index (κ2) is 10.1. The smallest absolute Gasteiger partial charge is 0.191 e. The first-order chi connectivity index (χ1) is 10.7. The van der Waals surface area contributed by atoms with E-state index in [9.17, 15) is 0 Å². The summed E-state index contributed by atoms with van der Waals surface area (Å²) < 4.78 is 5.31. The summed E-state index contributed by atoms with van der Waals surface area (Å²) in [7, 11) is 3.96. The Balaban J connectivity index is 0.00000264. The number of halogens is 1. The van der Waals surface area contributed by atoms with E-state index in [-0.39, 0.29) is 24.0 Å². The summed E-state index contributed by atoms with van der Waals surface area (Å²) in [4.78, 5) is 11.0. The lowest BCUT2D eigenvalue weighted by atomic mass is 10.2. The molecule has 0 saturated carbocycles. The van der Waals surface area contributed by atoms with Gasteiger partial charge in [-0.2, -0.15) is 0 Å². The highest BCUT2D eigenvalue weighted by molar-refractivity contribution is 14.0. The monoisotopic (exact) mass is 429 g/mol. The van der Waals surface area contributed by atoms with Crippen LogP contribution < -0.4 is 15.5 Å². The number of anilines is 1. The van der Waals surface area contributed by atoms with Crippen LogP contribution in [0.3, 0.4) is 0 Å². The van der Waals surface area contributed by atoms with Crippen LogP contribution in [0.2, 0.25) is 0 Å². The molecule has 0 amide bonds. The largest absolute Gasteiger partial charge is 0.467 e. The number of nitrogens with zero attached hydrogens (tertiary/aromatic N) is 3. The van der Waals surface area contributed by atoms with Crippen molar-refractivity contribution in [3.8, 4) is 0 Å². The molecule has 2 heterocycles. The molecule has 2 aromatic rings. The first-order valence-electron chi connectivity index (χ1n) is 7.36. The lowest BCUT2D eigenvalue weighted by Gasteiger charge is -2.15. The van der Waals surface area contributed by atoms with Gasteiger partial charge in [0.2, 0.25) is 0 Å². The van der Waals surface area contributed by atoms with Crippen molar-refractivity contribution in [1.29, 1.82) is 0 Å². The van der Waals surface area contributed by atoms with Crippen LogP contribution in [-0.2, 0) is 13.1 Å². The quantitative estimate of drug-likeness (QED) is 0.420. The third kappa shape index (κ3) is 6.09. The highest BCUT2D eigenvalue weighted by atomic mass is 127. The molecule has 2 aromatic heterocycles. The standard InChI is InChI=1S/C16H23N5O.HI/c1-4-17-16(20-12-14-8-6-10-22-14)19-11-13-7-5-9-18-15(13)21(2)3;/h5-10H,4,11-12H2,1-3H3,(H2,17,19,20);1H. The topological polar surface area (TPSA) is 65.7 Å². The van der Waals surface area contributed by atoms with Crippen LogP contribution in [-0.4, -0.2) is 31.6 Å². The van der Waals surface area contributed by atoms with Gasteiger partial charge in [-0.1, -0.05) is 6.07 Å². The molecule has 7 heteroatoms. The minimum Gasteiger partial charge on any atom is -0.467 e. The van der Waals surface area contributed by atoms with E-state index in [1.165, 1.54) is 0 Å². The van der Waals surface area contributed by atoms with Crippen LogP contribution in [0.4, 0.5) is 5.82 Å². The fourth-order valence-electron chi connectivity index (χ4n) is 2.05. The Morgan fingerprint density at radius 1 is 1.26 bits per heavy atom. The highest BCUT2D eigenvalue weighted by Gasteiger charge is 2.05. The van der Waals surface area contributed by atoms with Gasteiger partial charge in [-0.15, -0.1) is 24.0 Å². The molecule has 0 bridgehead atoms. The van der Waals surface area contributed by atoms with Gasteiger partial charge >= 0.3 is 0 Å². The maximum atomic E-state index is 5.31. The van der Waals surface area contributed by atoms with Gasteiger partial charge in [-0.3, -0.25) is 0 Å². The maximum Gasteiger partial charge on any atom is 0.191 e. The van der Waals surface area contributed by atoms with E-state index < -0.39 is 0 Å². The molecule has 0 atom stereocenters. The van der Waals surface area contributed by atoms with Crippen LogP contribution in [0, 0.1) is 0 Å².